The van der Waals surface area contributed by atoms with Crippen LogP contribution in [0.1, 0.15) is 64.2 Å². The van der Waals surface area contributed by atoms with E-state index in [1.165, 1.54) is 51.4 Å². The highest BCUT2D eigenvalue weighted by Gasteiger charge is 2.27. The third kappa shape index (κ3) is 4.90. The number of fused-ring (bicyclic) bond motifs is 1. The molecule has 6 rings (SSSR count). The zero-order chi connectivity index (χ0) is 23.6. The van der Waals surface area contributed by atoms with Crippen LogP contribution in [-0.4, -0.2) is 57.6 Å². The van der Waals surface area contributed by atoms with Crippen molar-refractivity contribution in [1.29, 1.82) is 0 Å². The van der Waals surface area contributed by atoms with Gasteiger partial charge in [0.05, 0.1) is 0 Å². The van der Waals surface area contributed by atoms with E-state index in [0.29, 0.717) is 18.4 Å². The lowest BCUT2D eigenvalue weighted by Crippen LogP contribution is -2.48. The van der Waals surface area contributed by atoms with Crippen LogP contribution in [0.4, 0.5) is 10.9 Å². The van der Waals surface area contributed by atoms with E-state index in [2.05, 4.69) is 39.4 Å². The van der Waals surface area contributed by atoms with Gasteiger partial charge >= 0.3 is 0 Å². The first-order valence-corrected chi connectivity index (χ1v) is 14.3. The first kappa shape index (κ1) is 22.8. The van der Waals surface area contributed by atoms with Crippen molar-refractivity contribution in [2.45, 2.75) is 70.3 Å². The van der Waals surface area contributed by atoms with Crippen molar-refractivity contribution in [3.05, 3.63) is 30.3 Å². The molecule has 7 nitrogen and oxygen atoms in total. The normalized spacial score (nSPS) is 19.8. The van der Waals surface area contributed by atoms with Crippen molar-refractivity contribution >= 4 is 33.2 Å². The van der Waals surface area contributed by atoms with Crippen LogP contribution in [0.15, 0.2) is 30.3 Å². The van der Waals surface area contributed by atoms with E-state index in [1.807, 2.05) is 10.6 Å². The molecular formula is C27H36N6OS. The summed E-state index contributed by atoms with van der Waals surface area (Å²) in [5.74, 6) is 2.13. The van der Waals surface area contributed by atoms with E-state index in [0.717, 1.165) is 65.7 Å². The predicted octanol–water partition coefficient (Wildman–Crippen LogP) is 5.43. The molecule has 3 aliphatic rings. The molecule has 3 heterocycles. The van der Waals surface area contributed by atoms with E-state index in [1.54, 1.807) is 11.3 Å². The highest BCUT2D eigenvalue weighted by molar-refractivity contribution is 7.20. The Labute approximate surface area is 211 Å². The summed E-state index contributed by atoms with van der Waals surface area (Å²) in [6, 6.07) is 10.9. The molecule has 1 N–H and O–H groups in total. The third-order valence-electron chi connectivity index (χ3n) is 8.08. The molecule has 2 aliphatic carbocycles. The Balaban J connectivity index is 1.15. The van der Waals surface area contributed by atoms with Gasteiger partial charge in [0.2, 0.25) is 16.0 Å². The first-order chi connectivity index (χ1) is 17.2. The molecule has 0 spiro atoms. The maximum atomic E-state index is 12.8. The van der Waals surface area contributed by atoms with Crippen LogP contribution < -0.4 is 10.2 Å². The van der Waals surface area contributed by atoms with Crippen LogP contribution in [0.3, 0.4) is 0 Å². The van der Waals surface area contributed by atoms with Gasteiger partial charge in [0.15, 0.2) is 5.82 Å². The van der Waals surface area contributed by atoms with Gasteiger partial charge in [0, 0.05) is 44.2 Å². The second-order valence-corrected chi connectivity index (χ2v) is 11.4. The molecule has 0 bridgehead atoms. The molecule has 1 saturated heterocycles. The zero-order valence-corrected chi connectivity index (χ0v) is 21.3. The van der Waals surface area contributed by atoms with Crippen molar-refractivity contribution in [2.24, 2.45) is 5.92 Å². The minimum atomic E-state index is 0.334. The summed E-state index contributed by atoms with van der Waals surface area (Å²) in [5, 5.41) is 9.79. The summed E-state index contributed by atoms with van der Waals surface area (Å²) in [5.41, 5.74) is 2.11. The number of piperazine rings is 1. The number of imidazole rings is 1. The Morgan fingerprint density at radius 2 is 1.69 bits per heavy atom. The topological polar surface area (TPSA) is 65.8 Å². The number of aromatic nitrogens is 3. The Morgan fingerprint density at radius 3 is 2.43 bits per heavy atom. The minimum Gasteiger partial charge on any atom is -0.365 e. The second-order valence-electron chi connectivity index (χ2n) is 10.4. The maximum absolute atomic E-state index is 12.8. The Hall–Kier alpha value is -2.61. The number of carbonyl (C=O) groups excluding carboxylic acids is 1. The number of amides is 1. The number of anilines is 2. The third-order valence-corrected chi connectivity index (χ3v) is 9.05. The number of nitrogens with zero attached hydrogens (tertiary/aromatic N) is 5. The van der Waals surface area contributed by atoms with Gasteiger partial charge in [-0.15, -0.1) is 5.10 Å². The van der Waals surface area contributed by atoms with E-state index in [9.17, 15) is 4.79 Å². The first-order valence-electron chi connectivity index (χ1n) is 13.5. The molecule has 35 heavy (non-hydrogen) atoms. The minimum absolute atomic E-state index is 0.334. The lowest BCUT2D eigenvalue weighted by Gasteiger charge is -2.34. The van der Waals surface area contributed by atoms with Crippen molar-refractivity contribution in [3.63, 3.8) is 0 Å². The lowest BCUT2D eigenvalue weighted by atomic mass is 10.0. The quantitative estimate of drug-likeness (QED) is 0.476. The summed E-state index contributed by atoms with van der Waals surface area (Å²) < 4.78 is 2.01. The number of rotatable bonds is 7. The van der Waals surface area contributed by atoms with Crippen LogP contribution in [0, 0.1) is 5.92 Å². The second kappa shape index (κ2) is 10.2. The molecule has 2 saturated carbocycles. The summed E-state index contributed by atoms with van der Waals surface area (Å²) in [6.45, 7) is 3.24. The summed E-state index contributed by atoms with van der Waals surface area (Å²) in [4.78, 5) is 23.1. The monoisotopic (exact) mass is 492 g/mol. The van der Waals surface area contributed by atoms with Crippen molar-refractivity contribution in [3.8, 4) is 11.3 Å². The van der Waals surface area contributed by atoms with E-state index in [4.69, 9.17) is 10.1 Å². The summed E-state index contributed by atoms with van der Waals surface area (Å²) in [6.07, 6.45) is 12.1. The van der Waals surface area contributed by atoms with Gasteiger partial charge in [-0.1, -0.05) is 80.2 Å². The van der Waals surface area contributed by atoms with Gasteiger partial charge in [0.1, 0.15) is 5.69 Å². The molecule has 0 radical (unpaired) electrons. The molecule has 1 aromatic carbocycles. The molecule has 3 fully saturated rings. The Bertz CT molecular complexity index is 1140. The van der Waals surface area contributed by atoms with E-state index >= 15 is 0 Å². The average molecular weight is 493 g/mol. The molecule has 0 atom stereocenters. The van der Waals surface area contributed by atoms with Gasteiger partial charge in [-0.3, -0.25) is 4.79 Å². The average Bonchev–Trinajstić information content (AvgIpc) is 3.70. The molecular weight excluding hydrogens is 456 g/mol. The fourth-order valence-electron chi connectivity index (χ4n) is 5.99. The Morgan fingerprint density at radius 1 is 0.971 bits per heavy atom. The van der Waals surface area contributed by atoms with Gasteiger partial charge in [-0.05, 0) is 25.2 Å². The molecule has 1 amide bonds. The number of hydrogen-bond donors (Lipinski definition) is 1. The van der Waals surface area contributed by atoms with Crippen LogP contribution in [-0.2, 0) is 4.79 Å². The van der Waals surface area contributed by atoms with Gasteiger partial charge in [-0.2, -0.15) is 4.52 Å². The zero-order valence-electron chi connectivity index (χ0n) is 20.5. The fourth-order valence-corrected chi connectivity index (χ4v) is 6.94. The van der Waals surface area contributed by atoms with Crippen LogP contribution >= 0.6 is 11.3 Å². The molecule has 0 unspecified atom stereocenters. The Kier molecular flexibility index (Phi) is 6.63. The number of hydrogen-bond acceptors (Lipinski definition) is 6. The molecule has 2 aromatic heterocycles. The van der Waals surface area contributed by atoms with Gasteiger partial charge in [-0.25, -0.2) is 4.98 Å². The van der Waals surface area contributed by atoms with E-state index in [-0.39, 0.29) is 0 Å². The van der Waals surface area contributed by atoms with E-state index < -0.39 is 0 Å². The lowest BCUT2D eigenvalue weighted by molar-refractivity contribution is -0.131. The number of nitrogens with one attached hydrogen (secondary N) is 1. The summed E-state index contributed by atoms with van der Waals surface area (Å²) >= 11 is 1.65. The molecule has 1 aliphatic heterocycles. The van der Waals surface area contributed by atoms with Crippen LogP contribution in [0.25, 0.3) is 16.2 Å². The SMILES string of the molecule is O=C(CCC1CCCC1)N1CCN(c2nn3c(NC4CCCC4)c(-c4ccccc4)nc3s2)CC1. The fraction of sp³-hybridized carbons (Fsp3) is 0.593. The smallest absolute Gasteiger partial charge is 0.222 e. The molecule has 186 valence electrons. The standard InChI is InChI=1S/C27H36N6OS/c34-23(15-14-20-8-4-5-9-20)31-16-18-32(19-17-31)27-30-33-25(28-22-12-6-7-13-22)24(29-26(33)35-27)21-10-2-1-3-11-21/h1-3,10-11,20,22,28H,4-9,12-19H2. The molecule has 3 aromatic rings. The van der Waals surface area contributed by atoms with Crippen molar-refractivity contribution in [1.82, 2.24) is 19.5 Å². The maximum Gasteiger partial charge on any atom is 0.222 e. The number of carbonyl (C=O) groups is 1. The largest absolute Gasteiger partial charge is 0.365 e. The summed E-state index contributed by atoms with van der Waals surface area (Å²) in [7, 11) is 0. The predicted molar refractivity (Wildman–Crippen MR) is 142 cm³/mol. The molecule has 8 heteroatoms. The van der Waals surface area contributed by atoms with Crippen LogP contribution in [0.2, 0.25) is 0 Å². The van der Waals surface area contributed by atoms with Crippen molar-refractivity contribution < 1.29 is 4.79 Å². The number of benzene rings is 1. The highest BCUT2D eigenvalue weighted by atomic mass is 32.1. The highest BCUT2D eigenvalue weighted by Crippen LogP contribution is 2.35. The van der Waals surface area contributed by atoms with Gasteiger partial charge < -0.3 is 15.1 Å². The van der Waals surface area contributed by atoms with Gasteiger partial charge in [0.25, 0.3) is 0 Å². The van der Waals surface area contributed by atoms with Crippen molar-refractivity contribution in [2.75, 3.05) is 36.4 Å². The van der Waals surface area contributed by atoms with Crippen LogP contribution in [0.5, 0.6) is 0 Å².